The number of rotatable bonds is 5. The van der Waals surface area contributed by atoms with Gasteiger partial charge in [-0.2, -0.15) is 0 Å². The fraction of sp³-hybridized carbons (Fsp3) is 0.474. The molecule has 4 rings (SSSR count). The van der Waals surface area contributed by atoms with Crippen molar-refractivity contribution in [2.45, 2.75) is 32.2 Å². The van der Waals surface area contributed by atoms with E-state index in [4.69, 9.17) is 4.74 Å². The number of methoxy groups -OCH3 is 1. The number of aromatic nitrogens is 2. The SMILES string of the molecule is COc1ccc(-c2cnc3n2CC(C(=O)NCC2CC2)CC3)cc1. The summed E-state index contributed by atoms with van der Waals surface area (Å²) < 4.78 is 7.42. The van der Waals surface area contributed by atoms with Gasteiger partial charge in [-0.25, -0.2) is 4.98 Å². The molecule has 24 heavy (non-hydrogen) atoms. The molecule has 1 aromatic heterocycles. The van der Waals surface area contributed by atoms with Gasteiger partial charge in [0.15, 0.2) is 0 Å². The van der Waals surface area contributed by atoms with Crippen LogP contribution in [0, 0.1) is 11.8 Å². The third-order valence-electron chi connectivity index (χ3n) is 5.08. The van der Waals surface area contributed by atoms with Crippen LogP contribution in [-0.4, -0.2) is 29.1 Å². The largest absolute Gasteiger partial charge is 0.497 e. The third-order valence-corrected chi connectivity index (χ3v) is 5.08. The van der Waals surface area contributed by atoms with Gasteiger partial charge < -0.3 is 14.6 Å². The maximum absolute atomic E-state index is 12.4. The highest BCUT2D eigenvalue weighted by Crippen LogP contribution is 2.30. The second-order valence-corrected chi connectivity index (χ2v) is 6.82. The molecule has 5 nitrogen and oxygen atoms in total. The van der Waals surface area contributed by atoms with Crippen LogP contribution in [0.15, 0.2) is 30.5 Å². The van der Waals surface area contributed by atoms with Crippen LogP contribution >= 0.6 is 0 Å². The van der Waals surface area contributed by atoms with E-state index >= 15 is 0 Å². The summed E-state index contributed by atoms with van der Waals surface area (Å²) in [5, 5.41) is 3.12. The maximum atomic E-state index is 12.4. The first kappa shape index (κ1) is 15.2. The number of hydrogen-bond acceptors (Lipinski definition) is 3. The minimum atomic E-state index is 0.0439. The summed E-state index contributed by atoms with van der Waals surface area (Å²) in [4.78, 5) is 17.0. The van der Waals surface area contributed by atoms with Crippen LogP contribution in [-0.2, 0) is 17.8 Å². The molecule has 0 radical (unpaired) electrons. The molecule has 1 saturated carbocycles. The lowest BCUT2D eigenvalue weighted by Crippen LogP contribution is -2.37. The van der Waals surface area contributed by atoms with Crippen molar-refractivity contribution in [1.29, 1.82) is 0 Å². The Hall–Kier alpha value is -2.30. The van der Waals surface area contributed by atoms with Crippen LogP contribution in [0.4, 0.5) is 0 Å². The molecule has 0 saturated heterocycles. The number of nitrogens with zero attached hydrogens (tertiary/aromatic N) is 2. The zero-order chi connectivity index (χ0) is 16.5. The van der Waals surface area contributed by atoms with Gasteiger partial charge in [-0.3, -0.25) is 4.79 Å². The molecule has 1 aliphatic carbocycles. The molecule has 1 amide bonds. The predicted octanol–water partition coefficient (Wildman–Crippen LogP) is 2.65. The molecule has 5 heteroatoms. The van der Waals surface area contributed by atoms with E-state index in [1.807, 2.05) is 30.5 Å². The molecule has 126 valence electrons. The van der Waals surface area contributed by atoms with Gasteiger partial charge in [0, 0.05) is 25.1 Å². The first-order valence-corrected chi connectivity index (χ1v) is 8.71. The van der Waals surface area contributed by atoms with E-state index in [-0.39, 0.29) is 11.8 Å². The van der Waals surface area contributed by atoms with E-state index in [0.29, 0.717) is 6.54 Å². The molecule has 1 atom stereocenters. The van der Waals surface area contributed by atoms with Crippen molar-refractivity contribution >= 4 is 5.91 Å². The average molecular weight is 325 g/mol. The predicted molar refractivity (Wildman–Crippen MR) is 91.8 cm³/mol. The number of carbonyl (C=O) groups is 1. The van der Waals surface area contributed by atoms with E-state index in [2.05, 4.69) is 14.9 Å². The highest BCUT2D eigenvalue weighted by Gasteiger charge is 2.29. The Balaban J connectivity index is 1.51. The summed E-state index contributed by atoms with van der Waals surface area (Å²) in [7, 11) is 1.67. The monoisotopic (exact) mass is 325 g/mol. The summed E-state index contributed by atoms with van der Waals surface area (Å²) in [6.45, 7) is 1.56. The molecular weight excluding hydrogens is 302 g/mol. The summed E-state index contributed by atoms with van der Waals surface area (Å²) >= 11 is 0. The van der Waals surface area contributed by atoms with Crippen molar-refractivity contribution in [2.24, 2.45) is 11.8 Å². The van der Waals surface area contributed by atoms with Gasteiger partial charge in [-0.1, -0.05) is 0 Å². The molecule has 1 N–H and O–H groups in total. The number of ether oxygens (including phenoxy) is 1. The lowest BCUT2D eigenvalue weighted by molar-refractivity contribution is -0.126. The minimum Gasteiger partial charge on any atom is -0.497 e. The van der Waals surface area contributed by atoms with Gasteiger partial charge in [0.1, 0.15) is 11.6 Å². The van der Waals surface area contributed by atoms with Crippen LogP contribution in [0.2, 0.25) is 0 Å². The smallest absolute Gasteiger partial charge is 0.224 e. The minimum absolute atomic E-state index is 0.0439. The Kier molecular flexibility index (Phi) is 4.00. The standard InChI is InChI=1S/C19H23N3O2/c1-24-16-7-4-14(5-8-16)17-11-20-18-9-6-15(12-22(17)18)19(23)21-10-13-2-3-13/h4-5,7-8,11,13,15H,2-3,6,9-10,12H2,1H3,(H,21,23). The van der Waals surface area contributed by atoms with E-state index < -0.39 is 0 Å². The van der Waals surface area contributed by atoms with Crippen molar-refractivity contribution in [2.75, 3.05) is 13.7 Å². The van der Waals surface area contributed by atoms with E-state index in [0.717, 1.165) is 48.1 Å². The summed E-state index contributed by atoms with van der Waals surface area (Å²) in [6, 6.07) is 8.00. The van der Waals surface area contributed by atoms with Gasteiger partial charge in [0.05, 0.1) is 24.9 Å². The molecule has 1 aliphatic heterocycles. The Bertz CT molecular complexity index is 732. The van der Waals surface area contributed by atoms with Crippen molar-refractivity contribution in [3.8, 4) is 17.0 Å². The number of benzene rings is 1. The normalized spacial score (nSPS) is 19.6. The van der Waals surface area contributed by atoms with Crippen molar-refractivity contribution in [3.05, 3.63) is 36.3 Å². The number of nitrogens with one attached hydrogen (secondary N) is 1. The summed E-state index contributed by atoms with van der Waals surface area (Å²) in [5.74, 6) is 2.88. The lowest BCUT2D eigenvalue weighted by atomic mass is 9.98. The van der Waals surface area contributed by atoms with E-state index in [1.165, 1.54) is 12.8 Å². The fourth-order valence-electron chi connectivity index (χ4n) is 3.35. The second-order valence-electron chi connectivity index (χ2n) is 6.82. The molecule has 2 aliphatic rings. The van der Waals surface area contributed by atoms with E-state index in [9.17, 15) is 4.79 Å². The number of fused-ring (bicyclic) bond motifs is 1. The number of aryl methyl sites for hydroxylation is 1. The first-order valence-electron chi connectivity index (χ1n) is 8.71. The lowest BCUT2D eigenvalue weighted by Gasteiger charge is -2.24. The second kappa shape index (κ2) is 6.30. The van der Waals surface area contributed by atoms with Crippen molar-refractivity contribution in [1.82, 2.24) is 14.9 Å². The number of carbonyl (C=O) groups excluding carboxylic acids is 1. The Labute approximate surface area is 142 Å². The number of imidazole rings is 1. The Morgan fingerprint density at radius 3 is 2.79 bits per heavy atom. The summed E-state index contributed by atoms with van der Waals surface area (Å²) in [6.07, 6.45) is 6.19. The van der Waals surface area contributed by atoms with Crippen LogP contribution in [0.5, 0.6) is 5.75 Å². The number of amides is 1. The van der Waals surface area contributed by atoms with Gasteiger partial charge in [0.25, 0.3) is 0 Å². The van der Waals surface area contributed by atoms with Crippen LogP contribution in [0.1, 0.15) is 25.1 Å². The topological polar surface area (TPSA) is 56.2 Å². The van der Waals surface area contributed by atoms with Gasteiger partial charge in [-0.15, -0.1) is 0 Å². The molecule has 2 heterocycles. The molecule has 0 bridgehead atoms. The van der Waals surface area contributed by atoms with Gasteiger partial charge >= 0.3 is 0 Å². The van der Waals surface area contributed by atoms with Crippen LogP contribution in [0.3, 0.4) is 0 Å². The fourth-order valence-corrected chi connectivity index (χ4v) is 3.35. The van der Waals surface area contributed by atoms with Crippen LogP contribution < -0.4 is 10.1 Å². The molecule has 1 aromatic carbocycles. The Morgan fingerprint density at radius 1 is 1.29 bits per heavy atom. The van der Waals surface area contributed by atoms with Crippen molar-refractivity contribution < 1.29 is 9.53 Å². The number of hydrogen-bond donors (Lipinski definition) is 1. The van der Waals surface area contributed by atoms with Crippen molar-refractivity contribution in [3.63, 3.8) is 0 Å². The molecule has 0 spiro atoms. The average Bonchev–Trinajstić information content (AvgIpc) is 3.37. The zero-order valence-electron chi connectivity index (χ0n) is 14.0. The molecule has 1 unspecified atom stereocenters. The molecular formula is C19H23N3O2. The van der Waals surface area contributed by atoms with E-state index in [1.54, 1.807) is 7.11 Å². The summed E-state index contributed by atoms with van der Waals surface area (Å²) in [5.41, 5.74) is 2.18. The van der Waals surface area contributed by atoms with Gasteiger partial charge in [0.2, 0.25) is 5.91 Å². The molecule has 1 fully saturated rings. The maximum Gasteiger partial charge on any atom is 0.224 e. The highest BCUT2D eigenvalue weighted by molar-refractivity contribution is 5.79. The third kappa shape index (κ3) is 3.03. The van der Waals surface area contributed by atoms with Gasteiger partial charge in [-0.05, 0) is 49.4 Å². The first-order chi connectivity index (χ1) is 11.7. The Morgan fingerprint density at radius 2 is 2.08 bits per heavy atom. The highest BCUT2D eigenvalue weighted by atomic mass is 16.5. The molecule has 2 aromatic rings. The zero-order valence-corrected chi connectivity index (χ0v) is 14.0. The van der Waals surface area contributed by atoms with Crippen LogP contribution in [0.25, 0.3) is 11.3 Å². The quantitative estimate of drug-likeness (QED) is 0.919.